The van der Waals surface area contributed by atoms with E-state index in [4.69, 9.17) is 11.6 Å². The van der Waals surface area contributed by atoms with Crippen molar-refractivity contribution < 1.29 is 18.0 Å². The van der Waals surface area contributed by atoms with Crippen LogP contribution in [0.15, 0.2) is 24.3 Å². The number of aryl methyl sites for hydroxylation is 1. The molecule has 128 valence electrons. The monoisotopic (exact) mass is 365 g/mol. The van der Waals surface area contributed by atoms with Crippen LogP contribution in [-0.4, -0.2) is 21.9 Å². The normalized spacial score (nSPS) is 13.6. The SMILES string of the molecule is O=C(c1ccccc1Cl)c1c2n(c3c(F)nc(F)c(F)c13)CCCN2. The van der Waals surface area contributed by atoms with Crippen molar-refractivity contribution in [3.8, 4) is 0 Å². The highest BCUT2D eigenvalue weighted by molar-refractivity contribution is 6.36. The van der Waals surface area contributed by atoms with Crippen molar-refractivity contribution in [2.45, 2.75) is 13.0 Å². The Hall–Kier alpha value is -2.54. The van der Waals surface area contributed by atoms with E-state index in [-0.39, 0.29) is 27.5 Å². The van der Waals surface area contributed by atoms with E-state index < -0.39 is 28.9 Å². The van der Waals surface area contributed by atoms with E-state index in [2.05, 4.69) is 10.3 Å². The number of aromatic nitrogens is 2. The van der Waals surface area contributed by atoms with E-state index in [1.54, 1.807) is 12.1 Å². The van der Waals surface area contributed by atoms with E-state index >= 15 is 0 Å². The van der Waals surface area contributed by atoms with Crippen LogP contribution in [-0.2, 0) is 6.54 Å². The van der Waals surface area contributed by atoms with Crippen molar-refractivity contribution in [2.75, 3.05) is 11.9 Å². The van der Waals surface area contributed by atoms with Crippen molar-refractivity contribution in [3.63, 3.8) is 0 Å². The van der Waals surface area contributed by atoms with Crippen LogP contribution in [0.2, 0.25) is 5.02 Å². The molecule has 0 atom stereocenters. The van der Waals surface area contributed by atoms with Crippen LogP contribution in [0.4, 0.5) is 19.0 Å². The second kappa shape index (κ2) is 5.77. The summed E-state index contributed by atoms with van der Waals surface area (Å²) >= 11 is 6.07. The summed E-state index contributed by atoms with van der Waals surface area (Å²) in [5, 5.41) is 2.74. The number of ketones is 1. The van der Waals surface area contributed by atoms with Crippen LogP contribution >= 0.6 is 11.6 Å². The summed E-state index contributed by atoms with van der Waals surface area (Å²) in [7, 11) is 0. The molecule has 0 saturated carbocycles. The lowest BCUT2D eigenvalue weighted by Gasteiger charge is -2.19. The third kappa shape index (κ3) is 2.30. The predicted molar refractivity (Wildman–Crippen MR) is 87.6 cm³/mol. The minimum Gasteiger partial charge on any atom is -0.371 e. The molecule has 25 heavy (non-hydrogen) atoms. The van der Waals surface area contributed by atoms with Gasteiger partial charge in [0.25, 0.3) is 5.95 Å². The van der Waals surface area contributed by atoms with E-state index in [0.29, 0.717) is 19.5 Å². The fourth-order valence-electron chi connectivity index (χ4n) is 3.19. The van der Waals surface area contributed by atoms with Crippen LogP contribution in [0, 0.1) is 17.7 Å². The Labute approximate surface area is 145 Å². The van der Waals surface area contributed by atoms with Gasteiger partial charge in [-0.25, -0.2) is 4.39 Å². The maximum Gasteiger partial charge on any atom is 0.252 e. The first kappa shape index (κ1) is 16.0. The van der Waals surface area contributed by atoms with Crippen LogP contribution in [0.25, 0.3) is 10.9 Å². The Morgan fingerprint density at radius 3 is 2.72 bits per heavy atom. The highest BCUT2D eigenvalue weighted by Crippen LogP contribution is 2.37. The van der Waals surface area contributed by atoms with Crippen molar-refractivity contribution >= 4 is 34.1 Å². The third-order valence-corrected chi connectivity index (χ3v) is 4.58. The Balaban J connectivity index is 2.10. The first-order chi connectivity index (χ1) is 12.0. The molecule has 0 spiro atoms. The summed E-state index contributed by atoms with van der Waals surface area (Å²) in [5.74, 6) is -4.45. The molecule has 1 aliphatic rings. The van der Waals surface area contributed by atoms with Gasteiger partial charge in [-0.3, -0.25) is 4.79 Å². The van der Waals surface area contributed by atoms with Gasteiger partial charge in [0.1, 0.15) is 11.3 Å². The number of nitrogens with zero attached hydrogens (tertiary/aromatic N) is 2. The highest BCUT2D eigenvalue weighted by atomic mass is 35.5. The fraction of sp³-hybridized carbons (Fsp3) is 0.176. The third-order valence-electron chi connectivity index (χ3n) is 4.25. The Bertz CT molecular complexity index is 1030. The van der Waals surface area contributed by atoms with Gasteiger partial charge < -0.3 is 9.88 Å². The van der Waals surface area contributed by atoms with Gasteiger partial charge in [-0.1, -0.05) is 23.7 Å². The average Bonchev–Trinajstić information content (AvgIpc) is 2.95. The number of anilines is 1. The van der Waals surface area contributed by atoms with E-state index in [1.165, 1.54) is 16.7 Å². The van der Waals surface area contributed by atoms with Crippen LogP contribution in [0.5, 0.6) is 0 Å². The van der Waals surface area contributed by atoms with Gasteiger partial charge in [0.15, 0.2) is 11.6 Å². The number of fused-ring (bicyclic) bond motifs is 3. The number of carbonyl (C=O) groups is 1. The van der Waals surface area contributed by atoms with Gasteiger partial charge >= 0.3 is 0 Å². The molecule has 2 aromatic heterocycles. The molecule has 8 heteroatoms. The number of pyridine rings is 1. The van der Waals surface area contributed by atoms with Gasteiger partial charge in [-0.05, 0) is 18.6 Å². The number of halogens is 4. The van der Waals surface area contributed by atoms with Gasteiger partial charge in [-0.2, -0.15) is 13.8 Å². The maximum atomic E-state index is 14.5. The Morgan fingerprint density at radius 1 is 1.20 bits per heavy atom. The van der Waals surface area contributed by atoms with Gasteiger partial charge in [0.05, 0.1) is 16.0 Å². The molecule has 3 aromatic rings. The van der Waals surface area contributed by atoms with Crippen molar-refractivity contribution in [3.05, 3.63) is 58.1 Å². The molecule has 1 aliphatic heterocycles. The van der Waals surface area contributed by atoms with Crippen LogP contribution in [0.3, 0.4) is 0 Å². The molecule has 0 aliphatic carbocycles. The molecular weight excluding hydrogens is 355 g/mol. The smallest absolute Gasteiger partial charge is 0.252 e. The molecule has 3 heterocycles. The lowest BCUT2D eigenvalue weighted by Crippen LogP contribution is -2.19. The largest absolute Gasteiger partial charge is 0.371 e. The van der Waals surface area contributed by atoms with E-state index in [1.807, 2.05) is 0 Å². The first-order valence-corrected chi connectivity index (χ1v) is 7.98. The number of benzene rings is 1. The molecule has 4 nitrogen and oxygen atoms in total. The Kier molecular flexibility index (Phi) is 3.68. The topological polar surface area (TPSA) is 46.9 Å². The fourth-order valence-corrected chi connectivity index (χ4v) is 3.41. The number of hydrogen-bond acceptors (Lipinski definition) is 3. The second-order valence-electron chi connectivity index (χ2n) is 5.70. The van der Waals surface area contributed by atoms with E-state index in [9.17, 15) is 18.0 Å². The highest BCUT2D eigenvalue weighted by Gasteiger charge is 2.32. The molecule has 0 saturated heterocycles. The maximum absolute atomic E-state index is 14.5. The average molecular weight is 366 g/mol. The molecule has 1 N–H and O–H groups in total. The van der Waals surface area contributed by atoms with Gasteiger partial charge in [0, 0.05) is 18.7 Å². The number of nitrogens with one attached hydrogen (secondary N) is 1. The first-order valence-electron chi connectivity index (χ1n) is 7.60. The molecule has 0 amide bonds. The zero-order valence-electron chi connectivity index (χ0n) is 12.7. The number of hydrogen-bond donors (Lipinski definition) is 1. The van der Waals surface area contributed by atoms with Crippen molar-refractivity contribution in [1.29, 1.82) is 0 Å². The zero-order valence-corrected chi connectivity index (χ0v) is 13.5. The van der Waals surface area contributed by atoms with E-state index in [0.717, 1.165) is 0 Å². The number of carbonyl (C=O) groups excluding carboxylic acids is 1. The lowest BCUT2D eigenvalue weighted by molar-refractivity contribution is 0.104. The van der Waals surface area contributed by atoms with Crippen molar-refractivity contribution in [2.24, 2.45) is 0 Å². The van der Waals surface area contributed by atoms with Gasteiger partial charge in [-0.15, -0.1) is 0 Å². The van der Waals surface area contributed by atoms with Gasteiger partial charge in [0.2, 0.25) is 5.95 Å². The predicted octanol–water partition coefficient (Wildman–Crippen LogP) is 4.15. The second-order valence-corrected chi connectivity index (χ2v) is 6.10. The molecule has 0 bridgehead atoms. The standard InChI is InChI=1S/C17H11ClF3N3O/c18-9-5-2-1-4-8(9)14(25)11-10-12(19)15(20)23-16(21)13(10)24-7-3-6-22-17(11)24/h1-2,4-5,22H,3,6-7H2. The van der Waals surface area contributed by atoms with Crippen molar-refractivity contribution in [1.82, 2.24) is 9.55 Å². The molecule has 4 rings (SSSR count). The minimum absolute atomic E-state index is 0.129. The summed E-state index contributed by atoms with van der Waals surface area (Å²) in [6.07, 6.45) is 0.648. The summed E-state index contributed by atoms with van der Waals surface area (Å²) in [6, 6.07) is 6.26. The molecule has 0 radical (unpaired) electrons. The zero-order chi connectivity index (χ0) is 17.7. The summed E-state index contributed by atoms with van der Waals surface area (Å²) < 4.78 is 43.9. The summed E-state index contributed by atoms with van der Waals surface area (Å²) in [5.41, 5.74) is -0.235. The van der Waals surface area contributed by atoms with Crippen LogP contribution < -0.4 is 5.32 Å². The summed E-state index contributed by atoms with van der Waals surface area (Å²) in [4.78, 5) is 16.0. The lowest BCUT2D eigenvalue weighted by atomic mass is 10.0. The molecule has 1 aromatic carbocycles. The summed E-state index contributed by atoms with van der Waals surface area (Å²) in [6.45, 7) is 0.885. The molecule has 0 unspecified atom stereocenters. The molecular formula is C17H11ClF3N3O. The quantitative estimate of drug-likeness (QED) is 0.548. The number of rotatable bonds is 2. The minimum atomic E-state index is -1.58. The Morgan fingerprint density at radius 2 is 1.96 bits per heavy atom. The molecule has 0 fully saturated rings. The van der Waals surface area contributed by atoms with Crippen LogP contribution in [0.1, 0.15) is 22.3 Å².